The zero-order valence-corrected chi connectivity index (χ0v) is 21.4. The van der Waals surface area contributed by atoms with Crippen LogP contribution in [0.15, 0.2) is 35.5 Å². The van der Waals surface area contributed by atoms with Crippen molar-refractivity contribution in [3.8, 4) is 0 Å². The van der Waals surface area contributed by atoms with Crippen LogP contribution in [0.4, 0.5) is 0 Å². The average Bonchev–Trinajstić information content (AvgIpc) is 3.22. The van der Waals surface area contributed by atoms with Gasteiger partial charge in [-0.3, -0.25) is 14.7 Å². The van der Waals surface area contributed by atoms with Crippen molar-refractivity contribution in [2.45, 2.75) is 45.8 Å². The van der Waals surface area contributed by atoms with Crippen molar-refractivity contribution in [2.75, 3.05) is 20.1 Å². The highest BCUT2D eigenvalue weighted by Gasteiger charge is 2.23. The van der Waals surface area contributed by atoms with Crippen LogP contribution in [0.25, 0.3) is 0 Å². The van der Waals surface area contributed by atoms with E-state index in [1.54, 1.807) is 18.4 Å². The molecule has 0 radical (unpaired) electrons. The van der Waals surface area contributed by atoms with Gasteiger partial charge in [0.05, 0.1) is 12.5 Å². The number of guanidine groups is 1. The summed E-state index contributed by atoms with van der Waals surface area (Å²) in [5, 5.41) is 7.76. The lowest BCUT2D eigenvalue weighted by molar-refractivity contribution is -0.123. The highest BCUT2D eigenvalue weighted by Crippen LogP contribution is 2.19. The van der Waals surface area contributed by atoms with E-state index in [0.29, 0.717) is 13.1 Å². The molecule has 2 aromatic rings. The zero-order valence-electron chi connectivity index (χ0n) is 18.3. The fourth-order valence-corrected chi connectivity index (χ4v) is 4.49. The van der Waals surface area contributed by atoms with Crippen LogP contribution in [0, 0.1) is 5.92 Å². The molecule has 0 spiro atoms. The van der Waals surface area contributed by atoms with Crippen molar-refractivity contribution in [1.82, 2.24) is 20.5 Å². The van der Waals surface area contributed by atoms with Gasteiger partial charge in [0.25, 0.3) is 0 Å². The molecule has 1 aliphatic heterocycles. The quantitative estimate of drug-likeness (QED) is 0.264. The Morgan fingerprint density at radius 1 is 1.32 bits per heavy atom. The molecular formula is C22H33IN6OS. The minimum atomic E-state index is -0.180. The SMILES string of the molecule is CCc1cnc(CNC(=NC)NCc2cccc(CN3CCCC(C(N)=O)C3)c2)s1.I. The first-order valence-corrected chi connectivity index (χ1v) is 11.4. The number of aryl methyl sites for hydroxylation is 1. The Morgan fingerprint density at radius 2 is 2.10 bits per heavy atom. The lowest BCUT2D eigenvalue weighted by atomic mass is 9.97. The molecule has 0 bridgehead atoms. The van der Waals surface area contributed by atoms with Gasteiger partial charge in [-0.15, -0.1) is 35.3 Å². The molecule has 1 aliphatic rings. The molecule has 1 atom stereocenters. The number of rotatable bonds is 8. The normalized spacial score (nSPS) is 17.1. The number of piperidine rings is 1. The molecule has 31 heavy (non-hydrogen) atoms. The number of hydrogen-bond donors (Lipinski definition) is 3. The van der Waals surface area contributed by atoms with E-state index in [4.69, 9.17) is 5.73 Å². The van der Waals surface area contributed by atoms with Crippen LogP contribution in [0.3, 0.4) is 0 Å². The number of amides is 1. The summed E-state index contributed by atoms with van der Waals surface area (Å²) in [5.74, 6) is 0.554. The summed E-state index contributed by atoms with van der Waals surface area (Å²) in [4.78, 5) is 23.9. The third-order valence-electron chi connectivity index (χ3n) is 5.35. The number of carbonyl (C=O) groups excluding carboxylic acids is 1. The van der Waals surface area contributed by atoms with E-state index >= 15 is 0 Å². The van der Waals surface area contributed by atoms with Gasteiger partial charge in [0.15, 0.2) is 5.96 Å². The van der Waals surface area contributed by atoms with Gasteiger partial charge in [0.2, 0.25) is 5.91 Å². The first-order valence-electron chi connectivity index (χ1n) is 10.5. The summed E-state index contributed by atoms with van der Waals surface area (Å²) in [6.07, 6.45) is 4.89. The second-order valence-corrected chi connectivity index (χ2v) is 8.85. The number of nitrogens with zero attached hydrogens (tertiary/aromatic N) is 3. The number of hydrogen-bond acceptors (Lipinski definition) is 5. The number of carbonyl (C=O) groups is 1. The lowest BCUT2D eigenvalue weighted by Crippen LogP contribution is -2.40. The van der Waals surface area contributed by atoms with Crippen LogP contribution in [0.2, 0.25) is 0 Å². The summed E-state index contributed by atoms with van der Waals surface area (Å²) >= 11 is 1.73. The van der Waals surface area contributed by atoms with Crippen LogP contribution in [0.5, 0.6) is 0 Å². The molecule has 1 aromatic carbocycles. The number of primary amides is 1. The number of nitrogens with two attached hydrogens (primary N) is 1. The van der Waals surface area contributed by atoms with E-state index in [2.05, 4.69) is 56.7 Å². The molecule has 2 heterocycles. The summed E-state index contributed by atoms with van der Waals surface area (Å²) in [7, 11) is 1.77. The number of aromatic nitrogens is 1. The average molecular weight is 557 g/mol. The maximum absolute atomic E-state index is 11.5. The molecule has 4 N–H and O–H groups in total. The molecule has 1 fully saturated rings. The van der Waals surface area contributed by atoms with E-state index in [-0.39, 0.29) is 35.8 Å². The van der Waals surface area contributed by atoms with E-state index in [0.717, 1.165) is 49.9 Å². The lowest BCUT2D eigenvalue weighted by Gasteiger charge is -2.31. The molecule has 1 aromatic heterocycles. The van der Waals surface area contributed by atoms with Gasteiger partial charge >= 0.3 is 0 Å². The maximum atomic E-state index is 11.5. The van der Waals surface area contributed by atoms with Crippen molar-refractivity contribution in [2.24, 2.45) is 16.6 Å². The van der Waals surface area contributed by atoms with Crippen molar-refractivity contribution >= 4 is 47.2 Å². The fourth-order valence-electron chi connectivity index (χ4n) is 3.69. The Morgan fingerprint density at radius 3 is 2.81 bits per heavy atom. The number of likely N-dealkylation sites (tertiary alicyclic amines) is 1. The van der Waals surface area contributed by atoms with Gasteiger partial charge in [0.1, 0.15) is 5.01 Å². The van der Waals surface area contributed by atoms with Crippen LogP contribution >= 0.6 is 35.3 Å². The second-order valence-electron chi connectivity index (χ2n) is 7.65. The van der Waals surface area contributed by atoms with Gasteiger partial charge in [-0.1, -0.05) is 31.2 Å². The van der Waals surface area contributed by atoms with Gasteiger partial charge in [0, 0.05) is 37.8 Å². The van der Waals surface area contributed by atoms with E-state index < -0.39 is 0 Å². The van der Waals surface area contributed by atoms with Crippen molar-refractivity contribution in [3.63, 3.8) is 0 Å². The molecular weight excluding hydrogens is 523 g/mol. The minimum absolute atomic E-state index is 0. The molecule has 1 saturated heterocycles. The third kappa shape index (κ3) is 8.04. The van der Waals surface area contributed by atoms with E-state index in [9.17, 15) is 4.79 Å². The Hall–Kier alpha value is -1.72. The summed E-state index contributed by atoms with van der Waals surface area (Å²) in [6, 6.07) is 8.54. The number of thiazole rings is 1. The van der Waals surface area contributed by atoms with Crippen molar-refractivity contribution in [1.29, 1.82) is 0 Å². The first-order chi connectivity index (χ1) is 14.6. The Balaban J connectivity index is 0.00000341. The number of nitrogens with one attached hydrogen (secondary N) is 2. The Bertz CT molecular complexity index is 871. The highest BCUT2D eigenvalue weighted by atomic mass is 127. The van der Waals surface area contributed by atoms with E-state index in [1.165, 1.54) is 16.0 Å². The van der Waals surface area contributed by atoms with Crippen LogP contribution < -0.4 is 16.4 Å². The minimum Gasteiger partial charge on any atom is -0.369 e. The fraction of sp³-hybridized carbons (Fsp3) is 0.500. The van der Waals surface area contributed by atoms with Crippen molar-refractivity contribution in [3.05, 3.63) is 51.5 Å². The molecule has 170 valence electrons. The Kier molecular flexibility index (Phi) is 10.7. The first kappa shape index (κ1) is 25.5. The number of halogens is 1. The summed E-state index contributed by atoms with van der Waals surface area (Å²) in [5.41, 5.74) is 7.95. The smallest absolute Gasteiger partial charge is 0.221 e. The van der Waals surface area contributed by atoms with Gasteiger partial charge in [-0.05, 0) is 36.9 Å². The molecule has 0 saturated carbocycles. The summed E-state index contributed by atoms with van der Waals surface area (Å²) in [6.45, 7) is 6.11. The highest BCUT2D eigenvalue weighted by molar-refractivity contribution is 14.0. The third-order valence-corrected chi connectivity index (χ3v) is 6.49. The molecule has 3 rings (SSSR count). The molecule has 1 amide bonds. The van der Waals surface area contributed by atoms with Crippen LogP contribution in [0.1, 0.15) is 40.8 Å². The van der Waals surface area contributed by atoms with Gasteiger partial charge in [-0.2, -0.15) is 0 Å². The zero-order chi connectivity index (χ0) is 21.3. The molecule has 1 unspecified atom stereocenters. The van der Waals surface area contributed by atoms with Crippen LogP contribution in [-0.2, 0) is 30.8 Å². The summed E-state index contributed by atoms with van der Waals surface area (Å²) < 4.78 is 0. The predicted molar refractivity (Wildman–Crippen MR) is 138 cm³/mol. The number of aliphatic imine (C=N–C) groups is 1. The van der Waals surface area contributed by atoms with Gasteiger partial charge < -0.3 is 16.4 Å². The Labute approximate surface area is 205 Å². The topological polar surface area (TPSA) is 95.6 Å². The monoisotopic (exact) mass is 556 g/mol. The van der Waals surface area contributed by atoms with Crippen LogP contribution in [-0.4, -0.2) is 41.9 Å². The standard InChI is InChI=1S/C22H32N6OS.HI/c1-3-19-12-25-20(30-19)13-27-22(24-2)26-11-16-6-4-7-17(10-16)14-28-9-5-8-18(15-28)21(23)29;/h4,6-7,10,12,18H,3,5,8-9,11,13-15H2,1-2H3,(H2,23,29)(H2,24,26,27);1H. The second kappa shape index (κ2) is 13.0. The molecule has 9 heteroatoms. The molecule has 7 nitrogen and oxygen atoms in total. The maximum Gasteiger partial charge on any atom is 0.221 e. The van der Waals surface area contributed by atoms with Crippen molar-refractivity contribution < 1.29 is 4.79 Å². The largest absolute Gasteiger partial charge is 0.369 e. The van der Waals surface area contributed by atoms with E-state index in [1.807, 2.05) is 6.20 Å². The number of benzene rings is 1. The molecule has 0 aliphatic carbocycles. The predicted octanol–water partition coefficient (Wildman–Crippen LogP) is 2.89. The van der Waals surface area contributed by atoms with Gasteiger partial charge in [-0.25, -0.2) is 4.98 Å².